The van der Waals surface area contributed by atoms with Crippen LogP contribution in [0.2, 0.25) is 0 Å². The van der Waals surface area contributed by atoms with Crippen LogP contribution in [0.25, 0.3) is 0 Å². The van der Waals surface area contributed by atoms with Crippen molar-refractivity contribution in [2.45, 2.75) is 31.9 Å². The van der Waals surface area contributed by atoms with Crippen LogP contribution < -0.4 is 10.5 Å². The first-order valence-electron chi connectivity index (χ1n) is 5.04. The maximum atomic E-state index is 13.2. The SMILES string of the molecule is CCCC1Oc2c(Br)cc(F)cc2C1N. The van der Waals surface area contributed by atoms with Crippen LogP contribution >= 0.6 is 15.9 Å². The van der Waals surface area contributed by atoms with Crippen molar-refractivity contribution in [3.63, 3.8) is 0 Å². The van der Waals surface area contributed by atoms with E-state index in [1.54, 1.807) is 0 Å². The summed E-state index contributed by atoms with van der Waals surface area (Å²) >= 11 is 3.28. The molecule has 2 unspecified atom stereocenters. The van der Waals surface area contributed by atoms with Gasteiger partial charge in [0, 0.05) is 5.56 Å². The number of ether oxygens (including phenoxy) is 1. The number of hydrogen-bond acceptors (Lipinski definition) is 2. The molecule has 0 bridgehead atoms. The second kappa shape index (κ2) is 4.10. The van der Waals surface area contributed by atoms with Crippen LogP contribution in [0.15, 0.2) is 16.6 Å². The Balaban J connectivity index is 2.36. The van der Waals surface area contributed by atoms with Crippen LogP contribution in [0.4, 0.5) is 4.39 Å². The Hall–Kier alpha value is -0.610. The summed E-state index contributed by atoms with van der Waals surface area (Å²) in [7, 11) is 0. The number of rotatable bonds is 2. The van der Waals surface area contributed by atoms with E-state index in [0.717, 1.165) is 18.4 Å². The number of halogens is 2. The number of hydrogen-bond donors (Lipinski definition) is 1. The van der Waals surface area contributed by atoms with Gasteiger partial charge in [-0.05, 0) is 34.5 Å². The summed E-state index contributed by atoms with van der Waals surface area (Å²) in [6, 6.07) is 2.65. The van der Waals surface area contributed by atoms with Gasteiger partial charge in [0.25, 0.3) is 0 Å². The quantitative estimate of drug-likeness (QED) is 0.899. The molecule has 2 N–H and O–H groups in total. The van der Waals surface area contributed by atoms with Gasteiger partial charge in [-0.15, -0.1) is 0 Å². The van der Waals surface area contributed by atoms with Crippen molar-refractivity contribution in [3.05, 3.63) is 28.0 Å². The van der Waals surface area contributed by atoms with Gasteiger partial charge in [-0.25, -0.2) is 4.39 Å². The fraction of sp³-hybridized carbons (Fsp3) is 0.455. The lowest BCUT2D eigenvalue weighted by molar-refractivity contribution is 0.194. The van der Waals surface area contributed by atoms with E-state index in [-0.39, 0.29) is 18.0 Å². The Bertz CT molecular complexity index is 383. The van der Waals surface area contributed by atoms with E-state index in [9.17, 15) is 4.39 Å². The molecule has 1 aromatic rings. The normalized spacial score (nSPS) is 23.7. The van der Waals surface area contributed by atoms with Gasteiger partial charge in [0.1, 0.15) is 17.7 Å². The summed E-state index contributed by atoms with van der Waals surface area (Å²) < 4.78 is 19.5. The molecule has 0 aromatic heterocycles. The molecule has 1 aliphatic heterocycles. The lowest BCUT2D eigenvalue weighted by Crippen LogP contribution is -2.24. The molecular formula is C11H13BrFNO. The van der Waals surface area contributed by atoms with E-state index >= 15 is 0 Å². The molecule has 1 aromatic carbocycles. The van der Waals surface area contributed by atoms with Crippen molar-refractivity contribution in [1.82, 2.24) is 0 Å². The summed E-state index contributed by atoms with van der Waals surface area (Å²) in [5, 5.41) is 0. The summed E-state index contributed by atoms with van der Waals surface area (Å²) in [6.45, 7) is 2.08. The zero-order valence-corrected chi connectivity index (χ0v) is 10.1. The predicted octanol–water partition coefficient (Wildman–Crippen LogP) is 3.15. The predicted molar refractivity (Wildman–Crippen MR) is 60.4 cm³/mol. The topological polar surface area (TPSA) is 35.2 Å². The molecule has 2 nitrogen and oxygen atoms in total. The van der Waals surface area contributed by atoms with Gasteiger partial charge in [-0.2, -0.15) is 0 Å². The maximum absolute atomic E-state index is 13.2. The molecule has 82 valence electrons. The maximum Gasteiger partial charge on any atom is 0.139 e. The van der Waals surface area contributed by atoms with Crippen molar-refractivity contribution in [2.75, 3.05) is 0 Å². The molecule has 2 atom stereocenters. The third-order valence-electron chi connectivity index (χ3n) is 2.64. The van der Waals surface area contributed by atoms with Crippen LogP contribution in [0.1, 0.15) is 31.4 Å². The van der Waals surface area contributed by atoms with Gasteiger partial charge >= 0.3 is 0 Å². The van der Waals surface area contributed by atoms with E-state index in [1.807, 2.05) is 0 Å². The Morgan fingerprint density at radius 2 is 2.27 bits per heavy atom. The fourth-order valence-corrected chi connectivity index (χ4v) is 2.44. The summed E-state index contributed by atoms with van der Waals surface area (Å²) in [5.74, 6) is 0.416. The molecule has 1 aliphatic rings. The zero-order valence-electron chi connectivity index (χ0n) is 8.47. The van der Waals surface area contributed by atoms with Gasteiger partial charge < -0.3 is 10.5 Å². The first kappa shape index (κ1) is 10.9. The minimum Gasteiger partial charge on any atom is -0.487 e. The minimum atomic E-state index is -0.281. The molecule has 15 heavy (non-hydrogen) atoms. The minimum absolute atomic E-state index is 0.0249. The molecular weight excluding hydrogens is 261 g/mol. The van der Waals surface area contributed by atoms with Crippen LogP contribution in [0.3, 0.4) is 0 Å². The van der Waals surface area contributed by atoms with Gasteiger partial charge in [0.15, 0.2) is 0 Å². The molecule has 2 rings (SSSR count). The highest BCUT2D eigenvalue weighted by Crippen LogP contribution is 2.42. The number of nitrogens with two attached hydrogens (primary N) is 1. The van der Waals surface area contributed by atoms with Gasteiger partial charge in [0.05, 0.1) is 10.5 Å². The molecule has 0 amide bonds. The van der Waals surface area contributed by atoms with Gasteiger partial charge in [-0.1, -0.05) is 13.3 Å². The fourth-order valence-electron chi connectivity index (χ4n) is 1.90. The highest BCUT2D eigenvalue weighted by atomic mass is 79.9. The molecule has 0 saturated heterocycles. The highest BCUT2D eigenvalue weighted by molar-refractivity contribution is 9.10. The monoisotopic (exact) mass is 273 g/mol. The van der Waals surface area contributed by atoms with Crippen molar-refractivity contribution >= 4 is 15.9 Å². The smallest absolute Gasteiger partial charge is 0.139 e. The first-order valence-corrected chi connectivity index (χ1v) is 5.84. The average Bonchev–Trinajstić information content (AvgIpc) is 2.47. The molecule has 0 saturated carbocycles. The Morgan fingerprint density at radius 3 is 2.93 bits per heavy atom. The number of benzene rings is 1. The summed E-state index contributed by atoms with van der Waals surface area (Å²) in [6.07, 6.45) is 1.87. The second-order valence-corrected chi connectivity index (χ2v) is 4.63. The van der Waals surface area contributed by atoms with Crippen LogP contribution in [0, 0.1) is 5.82 Å². The van der Waals surface area contributed by atoms with Crippen molar-refractivity contribution in [1.29, 1.82) is 0 Å². The third-order valence-corrected chi connectivity index (χ3v) is 3.23. The van der Waals surface area contributed by atoms with Crippen molar-refractivity contribution in [2.24, 2.45) is 5.73 Å². The average molecular weight is 274 g/mol. The highest BCUT2D eigenvalue weighted by Gasteiger charge is 2.32. The van der Waals surface area contributed by atoms with Crippen LogP contribution in [-0.2, 0) is 0 Å². The van der Waals surface area contributed by atoms with E-state index in [2.05, 4.69) is 22.9 Å². The van der Waals surface area contributed by atoms with Crippen LogP contribution in [0.5, 0.6) is 5.75 Å². The lowest BCUT2D eigenvalue weighted by Gasteiger charge is -2.13. The van der Waals surface area contributed by atoms with E-state index < -0.39 is 0 Å². The second-order valence-electron chi connectivity index (χ2n) is 3.78. The lowest BCUT2D eigenvalue weighted by atomic mass is 10.0. The molecule has 4 heteroatoms. The number of fused-ring (bicyclic) bond motifs is 1. The Morgan fingerprint density at radius 1 is 1.53 bits per heavy atom. The molecule has 0 radical (unpaired) electrons. The Labute approximate surface area is 96.7 Å². The van der Waals surface area contributed by atoms with E-state index in [0.29, 0.717) is 10.2 Å². The molecule has 1 heterocycles. The first-order chi connectivity index (χ1) is 7.13. The van der Waals surface area contributed by atoms with Crippen molar-refractivity contribution < 1.29 is 9.13 Å². The van der Waals surface area contributed by atoms with Crippen LogP contribution in [-0.4, -0.2) is 6.10 Å². The van der Waals surface area contributed by atoms with Gasteiger partial charge in [0.2, 0.25) is 0 Å². The van der Waals surface area contributed by atoms with Gasteiger partial charge in [-0.3, -0.25) is 0 Å². The summed E-state index contributed by atoms with van der Waals surface area (Å²) in [5.41, 5.74) is 6.77. The van der Waals surface area contributed by atoms with E-state index in [4.69, 9.17) is 10.5 Å². The zero-order chi connectivity index (χ0) is 11.0. The molecule has 0 aliphatic carbocycles. The largest absolute Gasteiger partial charge is 0.487 e. The molecule has 0 fully saturated rings. The van der Waals surface area contributed by atoms with Crippen molar-refractivity contribution in [3.8, 4) is 5.75 Å². The summed E-state index contributed by atoms with van der Waals surface area (Å²) in [4.78, 5) is 0. The van der Waals surface area contributed by atoms with E-state index in [1.165, 1.54) is 12.1 Å². The third kappa shape index (κ3) is 1.88. The standard InChI is InChI=1S/C11H13BrFNO/c1-2-3-9-10(14)7-4-6(13)5-8(12)11(7)15-9/h4-5,9-10H,2-3,14H2,1H3. The Kier molecular flexibility index (Phi) is 2.98. The molecule has 0 spiro atoms.